The molecule has 0 saturated carbocycles. The third-order valence-electron chi connectivity index (χ3n) is 6.44. The number of ether oxygens (including phenoxy) is 3. The van der Waals surface area contributed by atoms with Crippen LogP contribution in [0, 0.1) is 5.92 Å². The minimum absolute atomic E-state index is 0.0985. The van der Waals surface area contributed by atoms with Gasteiger partial charge in [0, 0.05) is 37.6 Å². The first kappa shape index (κ1) is 25.4. The normalized spacial score (nSPS) is 15.9. The van der Waals surface area contributed by atoms with E-state index in [4.69, 9.17) is 14.2 Å². The molecule has 3 aromatic rings. The fraction of sp³-hybridized carbons (Fsp3) is 0.379. The van der Waals surface area contributed by atoms with Crippen LogP contribution in [0.1, 0.15) is 20.8 Å². The smallest absolute Gasteiger partial charge is 0.410 e. The molecule has 0 spiro atoms. The molecule has 0 aliphatic carbocycles. The number of rotatable bonds is 6. The largest absolute Gasteiger partial charge is 0.468 e. The van der Waals surface area contributed by atoms with Crippen molar-refractivity contribution >= 4 is 40.2 Å². The SMILES string of the molecule is COCOc1cc(-c2ccc3c(c2)SCC(=O)N3CC2CN(C(=O)OC(C)(C)C)C2)c2ccccc2c1. The van der Waals surface area contributed by atoms with Crippen molar-refractivity contribution in [1.82, 2.24) is 4.90 Å². The van der Waals surface area contributed by atoms with E-state index >= 15 is 0 Å². The third-order valence-corrected chi connectivity index (χ3v) is 7.47. The third kappa shape index (κ3) is 5.55. The zero-order valence-electron chi connectivity index (χ0n) is 21.7. The van der Waals surface area contributed by atoms with Crippen LogP contribution >= 0.6 is 11.8 Å². The summed E-state index contributed by atoms with van der Waals surface area (Å²) in [5.41, 5.74) is 2.55. The van der Waals surface area contributed by atoms with Crippen molar-refractivity contribution in [3.63, 3.8) is 0 Å². The van der Waals surface area contributed by atoms with Gasteiger partial charge in [-0.15, -0.1) is 11.8 Å². The van der Waals surface area contributed by atoms with Crippen molar-refractivity contribution in [2.45, 2.75) is 31.3 Å². The second-order valence-corrected chi connectivity index (χ2v) is 11.5. The van der Waals surface area contributed by atoms with Gasteiger partial charge in [-0.1, -0.05) is 30.3 Å². The standard InChI is InChI=1S/C29H32N2O5S/c1-29(2,3)36-28(33)30-14-19(15-30)16-31-25-10-9-21(12-26(25)37-17-27(31)32)24-13-22(35-18-34-4)11-20-7-5-6-8-23(20)24/h5-13,19H,14-18H2,1-4H3. The Morgan fingerprint density at radius 3 is 2.62 bits per heavy atom. The van der Waals surface area contributed by atoms with Gasteiger partial charge in [-0.3, -0.25) is 4.79 Å². The summed E-state index contributed by atoms with van der Waals surface area (Å²) >= 11 is 1.57. The topological polar surface area (TPSA) is 68.3 Å². The van der Waals surface area contributed by atoms with Crippen molar-refractivity contribution in [1.29, 1.82) is 0 Å². The Morgan fingerprint density at radius 1 is 1.08 bits per heavy atom. The maximum atomic E-state index is 12.9. The lowest BCUT2D eigenvalue weighted by atomic mass is 9.97. The van der Waals surface area contributed by atoms with Crippen LogP contribution in [0.5, 0.6) is 5.75 Å². The van der Waals surface area contributed by atoms with Gasteiger partial charge in [0.2, 0.25) is 5.91 Å². The van der Waals surface area contributed by atoms with Gasteiger partial charge in [0.25, 0.3) is 0 Å². The van der Waals surface area contributed by atoms with Gasteiger partial charge in [0.15, 0.2) is 6.79 Å². The van der Waals surface area contributed by atoms with Crippen LogP contribution in [-0.4, -0.2) is 61.8 Å². The molecular weight excluding hydrogens is 488 g/mol. The number of carbonyl (C=O) groups excluding carboxylic acids is 2. The molecular formula is C29H32N2O5S. The van der Waals surface area contributed by atoms with E-state index in [1.807, 2.05) is 56.0 Å². The van der Waals surface area contributed by atoms with Crippen LogP contribution < -0.4 is 9.64 Å². The number of thioether (sulfide) groups is 1. The minimum atomic E-state index is -0.514. The molecule has 7 nitrogen and oxygen atoms in total. The molecule has 0 aromatic heterocycles. The highest BCUT2D eigenvalue weighted by molar-refractivity contribution is 8.00. The molecule has 8 heteroatoms. The lowest BCUT2D eigenvalue weighted by molar-refractivity contribution is -0.116. The van der Waals surface area contributed by atoms with Crippen LogP contribution in [-0.2, 0) is 14.3 Å². The predicted octanol–water partition coefficient (Wildman–Crippen LogP) is 5.80. The molecule has 37 heavy (non-hydrogen) atoms. The quantitative estimate of drug-likeness (QED) is 0.383. The maximum Gasteiger partial charge on any atom is 0.410 e. The highest BCUT2D eigenvalue weighted by atomic mass is 32.2. The number of anilines is 1. The lowest BCUT2D eigenvalue weighted by Gasteiger charge is -2.42. The van der Waals surface area contributed by atoms with Crippen LogP contribution in [0.3, 0.4) is 0 Å². The molecule has 0 bridgehead atoms. The summed E-state index contributed by atoms with van der Waals surface area (Å²) in [6.07, 6.45) is -0.293. The van der Waals surface area contributed by atoms with Gasteiger partial charge in [0.05, 0.1) is 11.4 Å². The van der Waals surface area contributed by atoms with Gasteiger partial charge in [-0.05, 0) is 66.9 Å². The van der Waals surface area contributed by atoms with Gasteiger partial charge < -0.3 is 24.0 Å². The predicted molar refractivity (Wildman–Crippen MR) is 146 cm³/mol. The Kier molecular flexibility index (Phi) is 7.05. The van der Waals surface area contributed by atoms with Crippen molar-refractivity contribution in [2.75, 3.05) is 44.2 Å². The summed E-state index contributed by atoms with van der Waals surface area (Å²) in [5, 5.41) is 2.23. The van der Waals surface area contributed by atoms with E-state index in [9.17, 15) is 9.59 Å². The number of hydrogen-bond acceptors (Lipinski definition) is 6. The summed E-state index contributed by atoms with van der Waals surface area (Å²) in [6, 6.07) is 18.6. The Bertz CT molecular complexity index is 1330. The second-order valence-electron chi connectivity index (χ2n) is 10.5. The molecule has 0 unspecified atom stereocenters. The zero-order valence-corrected chi connectivity index (χ0v) is 22.5. The first-order chi connectivity index (χ1) is 17.7. The average Bonchev–Trinajstić information content (AvgIpc) is 2.83. The lowest BCUT2D eigenvalue weighted by Crippen LogP contribution is -2.56. The van der Waals surface area contributed by atoms with Gasteiger partial charge >= 0.3 is 6.09 Å². The van der Waals surface area contributed by atoms with Crippen molar-refractivity contribution in [2.24, 2.45) is 5.92 Å². The summed E-state index contributed by atoms with van der Waals surface area (Å²) in [7, 11) is 1.61. The second kappa shape index (κ2) is 10.3. The molecule has 3 aromatic carbocycles. The van der Waals surface area contributed by atoms with E-state index in [2.05, 4.69) is 24.3 Å². The van der Waals surface area contributed by atoms with E-state index in [1.165, 1.54) is 0 Å². The number of amides is 2. The van der Waals surface area contributed by atoms with E-state index < -0.39 is 5.60 Å². The number of methoxy groups -OCH3 is 1. The molecule has 2 aliphatic rings. The fourth-order valence-corrected chi connectivity index (χ4v) is 5.69. The van der Waals surface area contributed by atoms with Gasteiger partial charge in [0.1, 0.15) is 11.4 Å². The molecule has 1 saturated heterocycles. The molecule has 0 atom stereocenters. The monoisotopic (exact) mass is 520 g/mol. The van der Waals surface area contributed by atoms with Crippen LogP contribution in [0.15, 0.2) is 59.5 Å². The van der Waals surface area contributed by atoms with Crippen LogP contribution in [0.2, 0.25) is 0 Å². The Morgan fingerprint density at radius 2 is 1.86 bits per heavy atom. The van der Waals surface area contributed by atoms with E-state index in [1.54, 1.807) is 23.8 Å². The highest BCUT2D eigenvalue weighted by Crippen LogP contribution is 2.41. The molecule has 5 rings (SSSR count). The molecule has 0 N–H and O–H groups in total. The van der Waals surface area contributed by atoms with Crippen molar-refractivity contribution in [3.05, 3.63) is 54.6 Å². The number of benzene rings is 3. The van der Waals surface area contributed by atoms with Gasteiger partial charge in [-0.25, -0.2) is 4.79 Å². The van der Waals surface area contributed by atoms with Crippen LogP contribution in [0.25, 0.3) is 21.9 Å². The molecule has 2 amide bonds. The Hall–Kier alpha value is -3.23. The van der Waals surface area contributed by atoms with E-state index in [0.29, 0.717) is 25.4 Å². The van der Waals surface area contributed by atoms with E-state index in [0.717, 1.165) is 38.2 Å². The Labute approximate surface area is 221 Å². The zero-order chi connectivity index (χ0) is 26.2. The van der Waals surface area contributed by atoms with Crippen LogP contribution in [0.4, 0.5) is 10.5 Å². The maximum absolute atomic E-state index is 12.9. The molecule has 1 fully saturated rings. The highest BCUT2D eigenvalue weighted by Gasteiger charge is 2.37. The molecule has 194 valence electrons. The molecule has 2 aliphatic heterocycles. The number of fused-ring (bicyclic) bond motifs is 2. The van der Waals surface area contributed by atoms with E-state index in [-0.39, 0.29) is 24.7 Å². The summed E-state index contributed by atoms with van der Waals surface area (Å²) in [4.78, 5) is 29.8. The summed E-state index contributed by atoms with van der Waals surface area (Å²) in [6.45, 7) is 7.56. The number of carbonyl (C=O) groups is 2. The fourth-order valence-electron chi connectivity index (χ4n) is 4.72. The molecule has 2 heterocycles. The number of likely N-dealkylation sites (tertiary alicyclic amines) is 1. The summed E-state index contributed by atoms with van der Waals surface area (Å²) < 4.78 is 16.3. The summed E-state index contributed by atoms with van der Waals surface area (Å²) in [5.74, 6) is 1.47. The Balaban J connectivity index is 1.37. The first-order valence-electron chi connectivity index (χ1n) is 12.4. The van der Waals surface area contributed by atoms with Crippen molar-refractivity contribution < 1.29 is 23.8 Å². The number of nitrogens with zero attached hydrogens (tertiary/aromatic N) is 2. The first-order valence-corrected chi connectivity index (χ1v) is 13.4. The minimum Gasteiger partial charge on any atom is -0.468 e. The molecule has 0 radical (unpaired) electrons. The van der Waals surface area contributed by atoms with Gasteiger partial charge in [-0.2, -0.15) is 0 Å². The number of hydrogen-bond donors (Lipinski definition) is 0. The average molecular weight is 521 g/mol. The van der Waals surface area contributed by atoms with Crippen molar-refractivity contribution in [3.8, 4) is 16.9 Å².